The standard InChI is InChI=1S/C21H27NO2/c1-17-12-21(24-15-19-10-6-3-7-11-19)13-20(22-17)16-23-14-18-8-4-2-5-9-18/h2-11,17,20-22H,12-16H2,1H3. The van der Waals surface area contributed by atoms with Crippen molar-refractivity contribution in [2.45, 2.75) is 51.2 Å². The second-order valence-electron chi connectivity index (χ2n) is 6.66. The summed E-state index contributed by atoms with van der Waals surface area (Å²) in [5.41, 5.74) is 2.46. The zero-order chi connectivity index (χ0) is 16.6. The van der Waals surface area contributed by atoms with Crippen LogP contribution in [0.5, 0.6) is 0 Å². The van der Waals surface area contributed by atoms with Crippen LogP contribution in [-0.2, 0) is 22.7 Å². The highest BCUT2D eigenvalue weighted by atomic mass is 16.5. The Morgan fingerprint density at radius 3 is 2.17 bits per heavy atom. The van der Waals surface area contributed by atoms with Crippen LogP contribution in [0.15, 0.2) is 60.7 Å². The van der Waals surface area contributed by atoms with Crippen molar-refractivity contribution in [1.29, 1.82) is 0 Å². The summed E-state index contributed by atoms with van der Waals surface area (Å²) in [6.07, 6.45) is 2.36. The number of rotatable bonds is 7. The van der Waals surface area contributed by atoms with Gasteiger partial charge in [-0.3, -0.25) is 0 Å². The Kier molecular flexibility index (Phi) is 6.41. The van der Waals surface area contributed by atoms with Gasteiger partial charge in [0.15, 0.2) is 0 Å². The smallest absolute Gasteiger partial charge is 0.0720 e. The molecule has 1 fully saturated rings. The van der Waals surface area contributed by atoms with Crippen LogP contribution in [0.2, 0.25) is 0 Å². The molecule has 0 aliphatic carbocycles. The van der Waals surface area contributed by atoms with Gasteiger partial charge in [0.25, 0.3) is 0 Å². The monoisotopic (exact) mass is 325 g/mol. The molecule has 24 heavy (non-hydrogen) atoms. The minimum atomic E-state index is 0.298. The summed E-state index contributed by atoms with van der Waals surface area (Å²) in [6.45, 7) is 4.31. The van der Waals surface area contributed by atoms with Gasteiger partial charge in [0.1, 0.15) is 0 Å². The van der Waals surface area contributed by atoms with Gasteiger partial charge in [-0.25, -0.2) is 0 Å². The molecule has 128 valence electrons. The van der Waals surface area contributed by atoms with Crippen molar-refractivity contribution < 1.29 is 9.47 Å². The fourth-order valence-corrected chi connectivity index (χ4v) is 3.28. The van der Waals surface area contributed by atoms with Gasteiger partial charge in [-0.1, -0.05) is 60.7 Å². The molecule has 3 rings (SSSR count). The lowest BCUT2D eigenvalue weighted by molar-refractivity contribution is -0.0146. The molecule has 3 heteroatoms. The molecule has 0 radical (unpaired) electrons. The lowest BCUT2D eigenvalue weighted by Gasteiger charge is -2.34. The predicted octanol–water partition coefficient (Wildman–Crippen LogP) is 3.93. The summed E-state index contributed by atoms with van der Waals surface area (Å²) in [6, 6.07) is 21.5. The minimum Gasteiger partial charge on any atom is -0.375 e. The Morgan fingerprint density at radius 2 is 1.50 bits per heavy atom. The molecular weight excluding hydrogens is 298 g/mol. The van der Waals surface area contributed by atoms with Gasteiger partial charge < -0.3 is 14.8 Å². The first kappa shape index (κ1) is 17.2. The molecule has 1 aliphatic heterocycles. The molecule has 1 saturated heterocycles. The van der Waals surface area contributed by atoms with Crippen LogP contribution in [0, 0.1) is 0 Å². The number of ether oxygens (including phenoxy) is 2. The van der Waals surface area contributed by atoms with Gasteiger partial charge in [-0.15, -0.1) is 0 Å². The Balaban J connectivity index is 1.43. The fourth-order valence-electron chi connectivity index (χ4n) is 3.28. The lowest BCUT2D eigenvalue weighted by atomic mass is 9.97. The van der Waals surface area contributed by atoms with E-state index >= 15 is 0 Å². The first-order chi connectivity index (χ1) is 11.8. The highest BCUT2D eigenvalue weighted by Crippen LogP contribution is 2.19. The van der Waals surface area contributed by atoms with Gasteiger partial charge >= 0.3 is 0 Å². The van der Waals surface area contributed by atoms with E-state index in [9.17, 15) is 0 Å². The first-order valence-electron chi connectivity index (χ1n) is 8.83. The van der Waals surface area contributed by atoms with E-state index in [1.165, 1.54) is 11.1 Å². The molecule has 0 aromatic heterocycles. The van der Waals surface area contributed by atoms with E-state index in [2.05, 4.69) is 48.6 Å². The van der Waals surface area contributed by atoms with Crippen molar-refractivity contribution in [1.82, 2.24) is 5.32 Å². The SMILES string of the molecule is CC1CC(OCc2ccccc2)CC(COCc2ccccc2)N1. The minimum absolute atomic E-state index is 0.298. The summed E-state index contributed by atoms with van der Waals surface area (Å²) in [5, 5.41) is 3.63. The third-order valence-electron chi connectivity index (χ3n) is 4.44. The third-order valence-corrected chi connectivity index (χ3v) is 4.44. The van der Waals surface area contributed by atoms with Crippen LogP contribution in [0.4, 0.5) is 0 Å². The highest BCUT2D eigenvalue weighted by molar-refractivity contribution is 5.14. The number of piperidine rings is 1. The molecule has 0 spiro atoms. The second-order valence-corrected chi connectivity index (χ2v) is 6.66. The number of hydrogen-bond acceptors (Lipinski definition) is 3. The molecule has 2 aromatic carbocycles. The van der Waals surface area contributed by atoms with Crippen LogP contribution in [0.3, 0.4) is 0 Å². The average Bonchev–Trinajstić information content (AvgIpc) is 2.61. The summed E-state index contributed by atoms with van der Waals surface area (Å²) >= 11 is 0. The highest BCUT2D eigenvalue weighted by Gasteiger charge is 2.26. The summed E-state index contributed by atoms with van der Waals surface area (Å²) < 4.78 is 12.0. The van der Waals surface area contributed by atoms with E-state index in [1.54, 1.807) is 0 Å². The van der Waals surface area contributed by atoms with E-state index in [1.807, 2.05) is 24.3 Å². The quantitative estimate of drug-likeness (QED) is 0.837. The Labute approximate surface area is 145 Å². The lowest BCUT2D eigenvalue weighted by Crippen LogP contribution is -2.48. The fraction of sp³-hybridized carbons (Fsp3) is 0.429. The molecule has 0 bridgehead atoms. The van der Waals surface area contributed by atoms with Crippen molar-refractivity contribution in [3.63, 3.8) is 0 Å². The molecule has 3 nitrogen and oxygen atoms in total. The van der Waals surface area contributed by atoms with E-state index in [0.29, 0.717) is 31.4 Å². The number of nitrogens with one attached hydrogen (secondary N) is 1. The molecule has 3 atom stereocenters. The molecule has 1 N–H and O–H groups in total. The maximum Gasteiger partial charge on any atom is 0.0720 e. The zero-order valence-corrected chi connectivity index (χ0v) is 14.4. The van der Waals surface area contributed by atoms with Crippen molar-refractivity contribution in [3.8, 4) is 0 Å². The van der Waals surface area contributed by atoms with Crippen molar-refractivity contribution >= 4 is 0 Å². The van der Waals surface area contributed by atoms with Crippen molar-refractivity contribution in [2.24, 2.45) is 0 Å². The average molecular weight is 325 g/mol. The molecular formula is C21H27NO2. The molecule has 1 aliphatic rings. The molecule has 0 saturated carbocycles. The van der Waals surface area contributed by atoms with Crippen LogP contribution in [0.25, 0.3) is 0 Å². The normalized spacial score (nSPS) is 24.0. The van der Waals surface area contributed by atoms with Crippen LogP contribution in [-0.4, -0.2) is 24.8 Å². The van der Waals surface area contributed by atoms with E-state index < -0.39 is 0 Å². The Morgan fingerprint density at radius 1 is 0.875 bits per heavy atom. The predicted molar refractivity (Wildman–Crippen MR) is 96.7 cm³/mol. The topological polar surface area (TPSA) is 30.5 Å². The van der Waals surface area contributed by atoms with Gasteiger partial charge in [0.2, 0.25) is 0 Å². The third kappa shape index (κ3) is 5.45. The van der Waals surface area contributed by atoms with E-state index in [4.69, 9.17) is 9.47 Å². The van der Waals surface area contributed by atoms with E-state index in [0.717, 1.165) is 19.4 Å². The molecule has 2 aromatic rings. The zero-order valence-electron chi connectivity index (χ0n) is 14.4. The summed E-state index contributed by atoms with van der Waals surface area (Å²) in [5.74, 6) is 0. The van der Waals surface area contributed by atoms with Crippen LogP contribution >= 0.6 is 0 Å². The number of benzene rings is 2. The molecule has 0 amide bonds. The van der Waals surface area contributed by atoms with Gasteiger partial charge in [-0.05, 0) is 30.9 Å². The maximum absolute atomic E-state index is 6.14. The molecule has 3 unspecified atom stereocenters. The second kappa shape index (κ2) is 8.97. The van der Waals surface area contributed by atoms with Crippen molar-refractivity contribution in [2.75, 3.05) is 6.61 Å². The van der Waals surface area contributed by atoms with Crippen molar-refractivity contribution in [3.05, 3.63) is 71.8 Å². The maximum atomic E-state index is 6.14. The summed E-state index contributed by atoms with van der Waals surface area (Å²) in [7, 11) is 0. The Hall–Kier alpha value is -1.68. The summed E-state index contributed by atoms with van der Waals surface area (Å²) in [4.78, 5) is 0. The number of hydrogen-bond donors (Lipinski definition) is 1. The van der Waals surface area contributed by atoms with Crippen LogP contribution < -0.4 is 5.32 Å². The van der Waals surface area contributed by atoms with Gasteiger partial charge in [0.05, 0.1) is 25.9 Å². The molecule has 1 heterocycles. The largest absolute Gasteiger partial charge is 0.375 e. The first-order valence-corrected chi connectivity index (χ1v) is 8.83. The Bertz CT molecular complexity index is 587. The van der Waals surface area contributed by atoms with E-state index in [-0.39, 0.29) is 0 Å². The van der Waals surface area contributed by atoms with Gasteiger partial charge in [-0.2, -0.15) is 0 Å². The van der Waals surface area contributed by atoms with Crippen LogP contribution in [0.1, 0.15) is 30.9 Å². The van der Waals surface area contributed by atoms with Gasteiger partial charge in [0, 0.05) is 12.1 Å².